The molecule has 0 aliphatic carbocycles. The van der Waals surface area contributed by atoms with Crippen LogP contribution in [0.1, 0.15) is 47.4 Å². The van der Waals surface area contributed by atoms with Crippen molar-refractivity contribution in [3.8, 4) is 0 Å². The third kappa shape index (κ3) is 4.49. The van der Waals surface area contributed by atoms with Crippen LogP contribution in [0.5, 0.6) is 0 Å². The highest BCUT2D eigenvalue weighted by molar-refractivity contribution is 7.98. The maximum Gasteiger partial charge on any atom is 0.358 e. The largest absolute Gasteiger partial charge is 0.461 e. The van der Waals surface area contributed by atoms with Gasteiger partial charge in [-0.1, -0.05) is 18.3 Å². The summed E-state index contributed by atoms with van der Waals surface area (Å²) in [6, 6.07) is 0.269. The molecule has 1 atom stereocenters. The molecule has 1 heterocycles. The van der Waals surface area contributed by atoms with Gasteiger partial charge in [0.15, 0.2) is 16.6 Å². The summed E-state index contributed by atoms with van der Waals surface area (Å²) in [5.74, 6) is 0.233. The SMILES string of the molecule is CCOC(=O)c1nc(NC(CC)CSC)sc1C(C)=O. The number of Topliss-reactive ketones (excluding diaryl/α,β-unsaturated/α-hetero) is 1. The lowest BCUT2D eigenvalue weighted by Gasteiger charge is -2.14. The van der Waals surface area contributed by atoms with Crippen LogP contribution in [0.4, 0.5) is 5.13 Å². The highest BCUT2D eigenvalue weighted by atomic mass is 32.2. The molecule has 0 aromatic carbocycles. The maximum atomic E-state index is 11.8. The average Bonchev–Trinajstić information content (AvgIpc) is 2.82. The van der Waals surface area contributed by atoms with Crippen molar-refractivity contribution in [3.05, 3.63) is 10.6 Å². The molecule has 7 heteroatoms. The molecule has 0 aliphatic heterocycles. The molecule has 0 saturated heterocycles. The van der Waals surface area contributed by atoms with Crippen LogP contribution < -0.4 is 5.32 Å². The summed E-state index contributed by atoms with van der Waals surface area (Å²) >= 11 is 2.95. The molecule has 1 rings (SSSR count). The summed E-state index contributed by atoms with van der Waals surface area (Å²) < 4.78 is 4.93. The van der Waals surface area contributed by atoms with Gasteiger partial charge in [-0.05, 0) is 19.6 Å². The normalized spacial score (nSPS) is 12.0. The molecular weight excluding hydrogens is 296 g/mol. The van der Waals surface area contributed by atoms with E-state index in [0.29, 0.717) is 10.0 Å². The van der Waals surface area contributed by atoms with Gasteiger partial charge in [0, 0.05) is 18.7 Å². The molecule has 5 nitrogen and oxygen atoms in total. The van der Waals surface area contributed by atoms with Crippen LogP contribution in [-0.2, 0) is 4.74 Å². The highest BCUT2D eigenvalue weighted by Gasteiger charge is 2.23. The predicted molar refractivity (Wildman–Crippen MR) is 84.2 cm³/mol. The number of ether oxygens (including phenoxy) is 1. The molecule has 1 unspecified atom stereocenters. The number of rotatable bonds is 8. The summed E-state index contributed by atoms with van der Waals surface area (Å²) in [5.41, 5.74) is 0.117. The predicted octanol–water partition coefficient (Wildman–Crippen LogP) is 3.08. The van der Waals surface area contributed by atoms with E-state index in [9.17, 15) is 9.59 Å². The Kier molecular flexibility index (Phi) is 7.01. The van der Waals surface area contributed by atoms with Gasteiger partial charge in [-0.15, -0.1) is 0 Å². The van der Waals surface area contributed by atoms with E-state index in [0.717, 1.165) is 12.2 Å². The fourth-order valence-electron chi connectivity index (χ4n) is 1.60. The molecule has 0 spiro atoms. The molecule has 0 amide bonds. The van der Waals surface area contributed by atoms with Gasteiger partial charge in [0.05, 0.1) is 6.61 Å². The van der Waals surface area contributed by atoms with Crippen LogP contribution in [0, 0.1) is 0 Å². The van der Waals surface area contributed by atoms with E-state index in [2.05, 4.69) is 17.2 Å². The van der Waals surface area contributed by atoms with E-state index in [1.165, 1.54) is 18.3 Å². The number of esters is 1. The van der Waals surface area contributed by atoms with Crippen LogP contribution in [0.25, 0.3) is 0 Å². The van der Waals surface area contributed by atoms with Crippen molar-refractivity contribution in [3.63, 3.8) is 0 Å². The highest BCUT2D eigenvalue weighted by Crippen LogP contribution is 2.25. The quantitative estimate of drug-likeness (QED) is 0.587. The number of thiazole rings is 1. The lowest BCUT2D eigenvalue weighted by atomic mass is 10.3. The number of anilines is 1. The fraction of sp³-hybridized carbons (Fsp3) is 0.615. The van der Waals surface area contributed by atoms with E-state index in [1.807, 2.05) is 6.26 Å². The van der Waals surface area contributed by atoms with Crippen molar-refractivity contribution in [2.45, 2.75) is 33.2 Å². The number of hydrogen-bond donors (Lipinski definition) is 1. The first-order chi connectivity index (χ1) is 9.53. The summed E-state index contributed by atoms with van der Waals surface area (Å²) in [6.07, 6.45) is 2.99. The number of aromatic nitrogens is 1. The Labute approximate surface area is 127 Å². The van der Waals surface area contributed by atoms with E-state index in [1.54, 1.807) is 18.7 Å². The van der Waals surface area contributed by atoms with Crippen LogP contribution >= 0.6 is 23.1 Å². The Hall–Kier alpha value is -1.08. The second kappa shape index (κ2) is 8.26. The van der Waals surface area contributed by atoms with E-state index in [-0.39, 0.29) is 24.1 Å². The van der Waals surface area contributed by atoms with E-state index < -0.39 is 5.97 Å². The number of carbonyl (C=O) groups excluding carboxylic acids is 2. The van der Waals surface area contributed by atoms with Crippen molar-refractivity contribution in [2.24, 2.45) is 0 Å². The number of ketones is 1. The molecule has 1 aromatic rings. The van der Waals surface area contributed by atoms with Crippen molar-refractivity contribution in [1.82, 2.24) is 4.98 Å². The summed E-state index contributed by atoms with van der Waals surface area (Å²) in [4.78, 5) is 28.0. The van der Waals surface area contributed by atoms with E-state index >= 15 is 0 Å². The second-order valence-electron chi connectivity index (χ2n) is 4.18. The van der Waals surface area contributed by atoms with Crippen molar-refractivity contribution < 1.29 is 14.3 Å². The molecule has 1 aromatic heterocycles. The number of hydrogen-bond acceptors (Lipinski definition) is 7. The Bertz CT molecular complexity index is 474. The first-order valence-electron chi connectivity index (χ1n) is 6.47. The van der Waals surface area contributed by atoms with Gasteiger partial charge in [0.1, 0.15) is 4.88 Å². The Morgan fingerprint density at radius 3 is 2.65 bits per heavy atom. The monoisotopic (exact) mass is 316 g/mol. The van der Waals surface area contributed by atoms with Gasteiger partial charge in [0.25, 0.3) is 0 Å². The lowest BCUT2D eigenvalue weighted by Crippen LogP contribution is -2.21. The van der Waals surface area contributed by atoms with Crippen LogP contribution in [0.15, 0.2) is 0 Å². The summed E-state index contributed by atoms with van der Waals surface area (Å²) in [7, 11) is 0. The molecule has 0 aliphatic rings. The zero-order valence-corrected chi connectivity index (χ0v) is 13.8. The number of nitrogens with one attached hydrogen (secondary N) is 1. The summed E-state index contributed by atoms with van der Waals surface area (Å²) in [5, 5.41) is 3.87. The molecule has 1 N–H and O–H groups in total. The molecule has 0 bridgehead atoms. The maximum absolute atomic E-state index is 11.8. The Morgan fingerprint density at radius 1 is 1.45 bits per heavy atom. The van der Waals surface area contributed by atoms with Gasteiger partial charge < -0.3 is 10.1 Å². The minimum atomic E-state index is -0.542. The van der Waals surface area contributed by atoms with Crippen LogP contribution in [0.3, 0.4) is 0 Å². The topological polar surface area (TPSA) is 68.3 Å². The smallest absolute Gasteiger partial charge is 0.358 e. The van der Waals surface area contributed by atoms with Crippen molar-refractivity contribution >= 4 is 40.0 Å². The molecule has 0 fully saturated rings. The first kappa shape index (κ1) is 17.0. The zero-order valence-electron chi connectivity index (χ0n) is 12.2. The van der Waals surface area contributed by atoms with Gasteiger partial charge >= 0.3 is 5.97 Å². The van der Waals surface area contributed by atoms with Crippen LogP contribution in [0.2, 0.25) is 0 Å². The molecule has 112 valence electrons. The molecular formula is C13H20N2O3S2. The summed E-state index contributed by atoms with van der Waals surface area (Å²) in [6.45, 7) is 5.50. The van der Waals surface area contributed by atoms with Gasteiger partial charge in [-0.3, -0.25) is 4.79 Å². The fourth-order valence-corrected chi connectivity index (χ4v) is 3.24. The minimum Gasteiger partial charge on any atom is -0.461 e. The van der Waals surface area contributed by atoms with Gasteiger partial charge in [0.2, 0.25) is 0 Å². The van der Waals surface area contributed by atoms with Crippen molar-refractivity contribution in [2.75, 3.05) is 23.9 Å². The Balaban J connectivity index is 2.96. The molecule has 0 radical (unpaired) electrons. The van der Waals surface area contributed by atoms with Gasteiger partial charge in [-0.2, -0.15) is 11.8 Å². The minimum absolute atomic E-state index is 0.117. The second-order valence-corrected chi connectivity index (χ2v) is 6.09. The lowest BCUT2D eigenvalue weighted by molar-refractivity contribution is 0.0517. The average molecular weight is 316 g/mol. The molecule has 0 saturated carbocycles. The molecule has 20 heavy (non-hydrogen) atoms. The number of carbonyl (C=O) groups is 2. The number of nitrogens with zero attached hydrogens (tertiary/aromatic N) is 1. The third-order valence-electron chi connectivity index (χ3n) is 2.60. The first-order valence-corrected chi connectivity index (χ1v) is 8.68. The van der Waals surface area contributed by atoms with Crippen molar-refractivity contribution in [1.29, 1.82) is 0 Å². The van der Waals surface area contributed by atoms with Crippen LogP contribution in [-0.4, -0.2) is 41.4 Å². The third-order valence-corrected chi connectivity index (χ3v) is 4.43. The van der Waals surface area contributed by atoms with E-state index in [4.69, 9.17) is 4.74 Å². The zero-order chi connectivity index (χ0) is 15.1. The Morgan fingerprint density at radius 2 is 2.15 bits per heavy atom. The number of thioether (sulfide) groups is 1. The van der Waals surface area contributed by atoms with Gasteiger partial charge in [-0.25, -0.2) is 9.78 Å². The standard InChI is InChI=1S/C13H20N2O3S2/c1-5-9(7-19-4)14-13-15-10(12(17)18-6-2)11(20-13)8(3)16/h9H,5-7H2,1-4H3,(H,14,15).